The molecule has 1 atom stereocenters. The molecule has 0 amide bonds. The highest BCUT2D eigenvalue weighted by atomic mass is 14.9. The molecule has 1 aromatic rings. The molecule has 0 aliphatic carbocycles. The Morgan fingerprint density at radius 3 is 3.07 bits per heavy atom. The summed E-state index contributed by atoms with van der Waals surface area (Å²) >= 11 is 0. The van der Waals surface area contributed by atoms with E-state index in [1.165, 1.54) is 0 Å². The van der Waals surface area contributed by atoms with Gasteiger partial charge in [0.25, 0.3) is 0 Å². The monoisotopic (exact) mass is 191 g/mol. The van der Waals surface area contributed by atoms with Crippen LogP contribution in [0.3, 0.4) is 0 Å². The quantitative estimate of drug-likeness (QED) is 0.722. The third-order valence-electron chi connectivity index (χ3n) is 1.99. The summed E-state index contributed by atoms with van der Waals surface area (Å²) in [6.07, 6.45) is 4.68. The minimum atomic E-state index is 0.447. The Labute approximate surface area is 85.3 Å². The third kappa shape index (κ3) is 3.66. The fraction of sp³-hybridized carbons (Fsp3) is 0.455. The average molecular weight is 191 g/mol. The minimum Gasteiger partial charge on any atom is -0.308 e. The fourth-order valence-electron chi connectivity index (χ4n) is 1.22. The van der Waals surface area contributed by atoms with Crippen LogP contribution in [0.4, 0.5) is 0 Å². The Hall–Kier alpha value is -1.22. The van der Waals surface area contributed by atoms with E-state index in [9.17, 15) is 0 Å². The van der Waals surface area contributed by atoms with Crippen molar-refractivity contribution in [3.05, 3.63) is 36.4 Å². The van der Waals surface area contributed by atoms with Crippen LogP contribution in [0.25, 0.3) is 0 Å². The lowest BCUT2D eigenvalue weighted by molar-refractivity contribution is 0.546. The standard InChI is InChI=1S/C11H17N3/c1-4-5-9(2)13-8-11-6-7-12-10(3)14-11/h4,6-7,9,13H,1,5,8H2,2-3H3. The molecule has 1 unspecified atom stereocenters. The first-order chi connectivity index (χ1) is 6.72. The first-order valence-corrected chi connectivity index (χ1v) is 4.85. The van der Waals surface area contributed by atoms with Crippen molar-refractivity contribution in [2.75, 3.05) is 0 Å². The highest BCUT2D eigenvalue weighted by Gasteiger charge is 1.99. The van der Waals surface area contributed by atoms with E-state index in [1.54, 1.807) is 6.20 Å². The van der Waals surface area contributed by atoms with Gasteiger partial charge in [-0.05, 0) is 26.3 Å². The van der Waals surface area contributed by atoms with Gasteiger partial charge in [0.2, 0.25) is 0 Å². The average Bonchev–Trinajstić information content (AvgIpc) is 2.15. The number of rotatable bonds is 5. The second-order valence-corrected chi connectivity index (χ2v) is 3.40. The van der Waals surface area contributed by atoms with Gasteiger partial charge in [-0.25, -0.2) is 9.97 Å². The van der Waals surface area contributed by atoms with Gasteiger partial charge in [-0.15, -0.1) is 6.58 Å². The number of hydrogen-bond acceptors (Lipinski definition) is 3. The van der Waals surface area contributed by atoms with Gasteiger partial charge in [0.1, 0.15) is 5.82 Å². The molecule has 0 aliphatic rings. The Kier molecular flexibility index (Phi) is 4.26. The van der Waals surface area contributed by atoms with Crippen LogP contribution in [0, 0.1) is 6.92 Å². The first kappa shape index (κ1) is 10.9. The second-order valence-electron chi connectivity index (χ2n) is 3.40. The van der Waals surface area contributed by atoms with E-state index in [1.807, 2.05) is 19.1 Å². The number of aromatic nitrogens is 2. The van der Waals surface area contributed by atoms with Crippen LogP contribution in [0.2, 0.25) is 0 Å². The summed E-state index contributed by atoms with van der Waals surface area (Å²) in [6.45, 7) is 8.53. The van der Waals surface area contributed by atoms with Crippen molar-refractivity contribution in [1.82, 2.24) is 15.3 Å². The van der Waals surface area contributed by atoms with E-state index in [2.05, 4.69) is 28.8 Å². The largest absolute Gasteiger partial charge is 0.308 e. The van der Waals surface area contributed by atoms with Crippen LogP contribution in [-0.4, -0.2) is 16.0 Å². The molecule has 1 N–H and O–H groups in total. The summed E-state index contributed by atoms with van der Waals surface area (Å²) in [4.78, 5) is 8.35. The van der Waals surface area contributed by atoms with Crippen LogP contribution in [-0.2, 0) is 6.54 Å². The molecule has 0 fully saturated rings. The van der Waals surface area contributed by atoms with Crippen molar-refractivity contribution in [1.29, 1.82) is 0 Å². The molecule has 0 aliphatic heterocycles. The van der Waals surface area contributed by atoms with Crippen molar-refractivity contribution in [3.8, 4) is 0 Å². The molecule has 0 saturated carbocycles. The fourth-order valence-corrected chi connectivity index (χ4v) is 1.22. The van der Waals surface area contributed by atoms with Gasteiger partial charge >= 0.3 is 0 Å². The molecular formula is C11H17N3. The van der Waals surface area contributed by atoms with Crippen LogP contribution in [0.5, 0.6) is 0 Å². The molecule has 1 aromatic heterocycles. The molecule has 3 heteroatoms. The van der Waals surface area contributed by atoms with E-state index >= 15 is 0 Å². The van der Waals surface area contributed by atoms with Gasteiger partial charge < -0.3 is 5.32 Å². The zero-order valence-corrected chi connectivity index (χ0v) is 8.83. The molecule has 1 heterocycles. The van der Waals surface area contributed by atoms with E-state index in [4.69, 9.17) is 0 Å². The zero-order valence-electron chi connectivity index (χ0n) is 8.83. The maximum absolute atomic E-state index is 4.31. The topological polar surface area (TPSA) is 37.8 Å². The van der Waals surface area contributed by atoms with E-state index in [-0.39, 0.29) is 0 Å². The maximum atomic E-state index is 4.31. The van der Waals surface area contributed by atoms with Crippen molar-refractivity contribution < 1.29 is 0 Å². The highest BCUT2D eigenvalue weighted by Crippen LogP contribution is 1.97. The van der Waals surface area contributed by atoms with Gasteiger partial charge in [0.15, 0.2) is 0 Å². The lowest BCUT2D eigenvalue weighted by Gasteiger charge is -2.10. The lowest BCUT2D eigenvalue weighted by atomic mass is 10.2. The van der Waals surface area contributed by atoms with Crippen molar-refractivity contribution in [2.45, 2.75) is 32.9 Å². The predicted octanol–water partition coefficient (Wildman–Crippen LogP) is 1.84. The minimum absolute atomic E-state index is 0.447. The summed E-state index contributed by atoms with van der Waals surface area (Å²) in [6, 6.07) is 2.38. The smallest absolute Gasteiger partial charge is 0.125 e. The summed E-state index contributed by atoms with van der Waals surface area (Å²) in [5, 5.41) is 3.37. The van der Waals surface area contributed by atoms with Crippen LogP contribution in [0.15, 0.2) is 24.9 Å². The van der Waals surface area contributed by atoms with Crippen molar-refractivity contribution in [2.24, 2.45) is 0 Å². The zero-order chi connectivity index (χ0) is 10.4. The molecule has 3 nitrogen and oxygen atoms in total. The van der Waals surface area contributed by atoms with E-state index in [0.717, 1.165) is 24.5 Å². The SMILES string of the molecule is C=CCC(C)NCc1ccnc(C)n1. The van der Waals surface area contributed by atoms with E-state index < -0.39 is 0 Å². The molecule has 76 valence electrons. The predicted molar refractivity (Wildman–Crippen MR) is 57.9 cm³/mol. The summed E-state index contributed by atoms with van der Waals surface area (Å²) in [5.41, 5.74) is 1.04. The number of nitrogens with one attached hydrogen (secondary N) is 1. The van der Waals surface area contributed by atoms with Crippen LogP contribution >= 0.6 is 0 Å². The molecule has 1 rings (SSSR count). The molecule has 0 bridgehead atoms. The summed E-state index contributed by atoms with van der Waals surface area (Å²) < 4.78 is 0. The third-order valence-corrected chi connectivity index (χ3v) is 1.99. The molecule has 0 aromatic carbocycles. The number of hydrogen-bond donors (Lipinski definition) is 1. The summed E-state index contributed by atoms with van der Waals surface area (Å²) in [7, 11) is 0. The molecular weight excluding hydrogens is 174 g/mol. The van der Waals surface area contributed by atoms with Gasteiger partial charge in [-0.3, -0.25) is 0 Å². The van der Waals surface area contributed by atoms with Gasteiger partial charge in [-0.1, -0.05) is 6.08 Å². The Morgan fingerprint density at radius 1 is 1.64 bits per heavy atom. The van der Waals surface area contributed by atoms with Crippen molar-refractivity contribution >= 4 is 0 Å². The maximum Gasteiger partial charge on any atom is 0.125 e. The second kappa shape index (κ2) is 5.50. The lowest BCUT2D eigenvalue weighted by Crippen LogP contribution is -2.25. The molecule has 0 spiro atoms. The highest BCUT2D eigenvalue weighted by molar-refractivity contribution is 5.01. The van der Waals surface area contributed by atoms with Gasteiger partial charge in [0.05, 0.1) is 5.69 Å². The first-order valence-electron chi connectivity index (χ1n) is 4.85. The molecule has 14 heavy (non-hydrogen) atoms. The Bertz CT molecular complexity index is 296. The van der Waals surface area contributed by atoms with Crippen molar-refractivity contribution in [3.63, 3.8) is 0 Å². The Morgan fingerprint density at radius 2 is 2.43 bits per heavy atom. The molecule has 0 saturated heterocycles. The number of aryl methyl sites for hydroxylation is 1. The van der Waals surface area contributed by atoms with Gasteiger partial charge in [-0.2, -0.15) is 0 Å². The van der Waals surface area contributed by atoms with Crippen LogP contribution < -0.4 is 5.32 Å². The summed E-state index contributed by atoms with van der Waals surface area (Å²) in [5.74, 6) is 0.820. The number of nitrogens with zero attached hydrogens (tertiary/aromatic N) is 2. The molecule has 0 radical (unpaired) electrons. The Balaban J connectivity index is 2.41. The van der Waals surface area contributed by atoms with Gasteiger partial charge in [0, 0.05) is 18.8 Å². The normalized spacial score (nSPS) is 12.4. The van der Waals surface area contributed by atoms with E-state index in [0.29, 0.717) is 6.04 Å². The van der Waals surface area contributed by atoms with Crippen LogP contribution in [0.1, 0.15) is 24.9 Å².